The van der Waals surface area contributed by atoms with Gasteiger partial charge in [-0.15, -0.1) is 0 Å². The van der Waals surface area contributed by atoms with E-state index in [0.29, 0.717) is 12.4 Å². The molecule has 17 heavy (non-hydrogen) atoms. The molecular formula is C13H27NO2S. The molecule has 102 valence electrons. The summed E-state index contributed by atoms with van der Waals surface area (Å²) in [5.74, 6) is 0.0129. The highest BCUT2D eigenvalue weighted by molar-refractivity contribution is 7.80. The number of esters is 1. The molecule has 0 aliphatic rings. The van der Waals surface area contributed by atoms with Crippen molar-refractivity contribution in [1.82, 2.24) is 0 Å². The van der Waals surface area contributed by atoms with Crippen LogP contribution in [0.15, 0.2) is 0 Å². The van der Waals surface area contributed by atoms with Crippen molar-refractivity contribution in [1.29, 1.82) is 0 Å². The van der Waals surface area contributed by atoms with Crippen LogP contribution in [0.1, 0.15) is 58.3 Å². The third kappa shape index (κ3) is 10.6. The van der Waals surface area contributed by atoms with Crippen LogP contribution in [0.4, 0.5) is 0 Å². The molecule has 0 amide bonds. The van der Waals surface area contributed by atoms with Gasteiger partial charge in [0.1, 0.15) is 6.04 Å². The zero-order valence-corrected chi connectivity index (χ0v) is 11.9. The molecule has 0 aliphatic carbocycles. The van der Waals surface area contributed by atoms with Crippen molar-refractivity contribution in [2.24, 2.45) is 5.73 Å². The van der Waals surface area contributed by atoms with Crippen LogP contribution in [0.2, 0.25) is 0 Å². The molecule has 4 heteroatoms. The van der Waals surface area contributed by atoms with Crippen LogP contribution < -0.4 is 5.73 Å². The maximum atomic E-state index is 11.2. The van der Waals surface area contributed by atoms with Crippen molar-refractivity contribution >= 4 is 18.6 Å². The quantitative estimate of drug-likeness (QED) is 0.341. The first-order valence-corrected chi connectivity index (χ1v) is 7.38. The van der Waals surface area contributed by atoms with E-state index >= 15 is 0 Å². The Labute approximate surface area is 111 Å². The van der Waals surface area contributed by atoms with Gasteiger partial charge in [0.25, 0.3) is 0 Å². The highest BCUT2D eigenvalue weighted by Gasteiger charge is 2.11. The minimum atomic E-state index is -0.577. The molecule has 3 nitrogen and oxygen atoms in total. The molecule has 0 aromatic rings. The number of nitrogens with two attached hydrogens (primary N) is 1. The molecule has 0 rings (SSSR count). The van der Waals surface area contributed by atoms with Crippen molar-refractivity contribution in [2.75, 3.05) is 12.4 Å². The number of hydrogen-bond donors (Lipinski definition) is 2. The number of rotatable bonds is 11. The second-order valence-corrected chi connectivity index (χ2v) is 4.80. The lowest BCUT2D eigenvalue weighted by Crippen LogP contribution is -2.34. The topological polar surface area (TPSA) is 52.3 Å². The van der Waals surface area contributed by atoms with Crippen molar-refractivity contribution < 1.29 is 9.53 Å². The van der Waals surface area contributed by atoms with E-state index in [1.807, 2.05) is 0 Å². The Morgan fingerprint density at radius 1 is 1.12 bits per heavy atom. The monoisotopic (exact) mass is 261 g/mol. The van der Waals surface area contributed by atoms with Gasteiger partial charge >= 0.3 is 5.97 Å². The second kappa shape index (κ2) is 12.2. The molecule has 0 aliphatic heterocycles. The summed E-state index contributed by atoms with van der Waals surface area (Å²) in [6.07, 6.45) is 9.93. The standard InChI is InChI=1S/C13H27NO2S/c1-2-3-4-5-6-7-8-9-10-16-13(15)12(14)11-17/h12,17H,2-11,14H2,1H3. The third-order valence-electron chi connectivity index (χ3n) is 2.74. The van der Waals surface area contributed by atoms with Gasteiger partial charge in [-0.1, -0.05) is 51.9 Å². The van der Waals surface area contributed by atoms with Gasteiger partial charge in [-0.2, -0.15) is 12.6 Å². The predicted octanol–water partition coefficient (Wildman–Crippen LogP) is 2.93. The van der Waals surface area contributed by atoms with Crippen molar-refractivity contribution in [3.63, 3.8) is 0 Å². The van der Waals surface area contributed by atoms with Crippen LogP contribution in [0.25, 0.3) is 0 Å². The van der Waals surface area contributed by atoms with Gasteiger partial charge in [-0.25, -0.2) is 0 Å². The number of ether oxygens (including phenoxy) is 1. The third-order valence-corrected chi connectivity index (χ3v) is 3.14. The van der Waals surface area contributed by atoms with Crippen LogP contribution >= 0.6 is 12.6 Å². The van der Waals surface area contributed by atoms with Gasteiger partial charge in [0.05, 0.1) is 6.61 Å². The van der Waals surface area contributed by atoms with Gasteiger partial charge in [-0.05, 0) is 6.42 Å². The summed E-state index contributed by atoms with van der Waals surface area (Å²) in [5.41, 5.74) is 5.47. The lowest BCUT2D eigenvalue weighted by Gasteiger charge is -2.08. The van der Waals surface area contributed by atoms with E-state index in [1.165, 1.54) is 38.5 Å². The normalized spacial score (nSPS) is 12.4. The molecule has 1 atom stereocenters. The summed E-state index contributed by atoms with van der Waals surface area (Å²) in [7, 11) is 0. The fourth-order valence-corrected chi connectivity index (χ4v) is 1.74. The van der Waals surface area contributed by atoms with E-state index in [4.69, 9.17) is 10.5 Å². The second-order valence-electron chi connectivity index (χ2n) is 4.43. The van der Waals surface area contributed by atoms with E-state index in [1.54, 1.807) is 0 Å². The molecule has 0 fully saturated rings. The van der Waals surface area contributed by atoms with Crippen molar-refractivity contribution in [3.05, 3.63) is 0 Å². The Morgan fingerprint density at radius 3 is 2.18 bits per heavy atom. The molecule has 0 saturated carbocycles. The first kappa shape index (κ1) is 16.8. The van der Waals surface area contributed by atoms with Crippen molar-refractivity contribution in [2.45, 2.75) is 64.3 Å². The Kier molecular flexibility index (Phi) is 12.1. The number of carbonyl (C=O) groups excluding carboxylic acids is 1. The molecule has 0 bridgehead atoms. The van der Waals surface area contributed by atoms with Crippen LogP contribution in [0.3, 0.4) is 0 Å². The first-order chi connectivity index (χ1) is 8.22. The van der Waals surface area contributed by atoms with E-state index in [-0.39, 0.29) is 5.97 Å². The predicted molar refractivity (Wildman–Crippen MR) is 75.4 cm³/mol. The zero-order valence-electron chi connectivity index (χ0n) is 11.0. The lowest BCUT2D eigenvalue weighted by atomic mass is 10.1. The van der Waals surface area contributed by atoms with Gasteiger partial charge in [0.2, 0.25) is 0 Å². The highest BCUT2D eigenvalue weighted by Crippen LogP contribution is 2.08. The van der Waals surface area contributed by atoms with Crippen molar-refractivity contribution in [3.8, 4) is 0 Å². The summed E-state index contributed by atoms with van der Waals surface area (Å²) in [6, 6.07) is -0.577. The van der Waals surface area contributed by atoms with Crippen LogP contribution in [0.5, 0.6) is 0 Å². The number of carbonyl (C=O) groups is 1. The Morgan fingerprint density at radius 2 is 1.65 bits per heavy atom. The van der Waals surface area contributed by atoms with E-state index in [9.17, 15) is 4.79 Å². The average molecular weight is 261 g/mol. The molecule has 0 aromatic carbocycles. The fourth-order valence-electron chi connectivity index (χ4n) is 1.59. The average Bonchev–Trinajstić information content (AvgIpc) is 2.35. The Hall–Kier alpha value is -0.220. The molecule has 0 saturated heterocycles. The van der Waals surface area contributed by atoms with Gasteiger partial charge in [0.15, 0.2) is 0 Å². The largest absolute Gasteiger partial charge is 0.465 e. The zero-order chi connectivity index (χ0) is 12.9. The van der Waals surface area contributed by atoms with Crippen LogP contribution in [-0.2, 0) is 9.53 Å². The molecule has 0 aromatic heterocycles. The van der Waals surface area contributed by atoms with E-state index < -0.39 is 6.04 Å². The minimum Gasteiger partial charge on any atom is -0.465 e. The molecule has 0 radical (unpaired) electrons. The minimum absolute atomic E-state index is 0.331. The maximum absolute atomic E-state index is 11.2. The Bertz CT molecular complexity index is 188. The summed E-state index contributed by atoms with van der Waals surface area (Å²) < 4.78 is 5.03. The lowest BCUT2D eigenvalue weighted by molar-refractivity contribution is -0.144. The first-order valence-electron chi connectivity index (χ1n) is 6.75. The summed E-state index contributed by atoms with van der Waals surface area (Å²) in [5, 5.41) is 0. The Balaban J connectivity index is 3.16. The van der Waals surface area contributed by atoms with E-state index in [2.05, 4.69) is 19.6 Å². The molecule has 1 unspecified atom stereocenters. The van der Waals surface area contributed by atoms with Gasteiger partial charge in [0, 0.05) is 5.75 Å². The fraction of sp³-hybridized carbons (Fsp3) is 0.923. The SMILES string of the molecule is CCCCCCCCCCOC(=O)C(N)CS. The smallest absolute Gasteiger partial charge is 0.323 e. The summed E-state index contributed by atoms with van der Waals surface area (Å²) in [6.45, 7) is 2.72. The molecule has 0 spiro atoms. The molecular weight excluding hydrogens is 234 g/mol. The number of hydrogen-bond acceptors (Lipinski definition) is 4. The maximum Gasteiger partial charge on any atom is 0.323 e. The van der Waals surface area contributed by atoms with Gasteiger partial charge < -0.3 is 10.5 Å². The van der Waals surface area contributed by atoms with Crippen LogP contribution in [0, 0.1) is 0 Å². The summed E-state index contributed by atoms with van der Waals surface area (Å²) >= 11 is 3.95. The molecule has 2 N–H and O–H groups in total. The van der Waals surface area contributed by atoms with E-state index in [0.717, 1.165) is 12.8 Å². The number of thiol groups is 1. The molecule has 0 heterocycles. The highest BCUT2D eigenvalue weighted by atomic mass is 32.1. The van der Waals surface area contributed by atoms with Crippen LogP contribution in [-0.4, -0.2) is 24.4 Å². The van der Waals surface area contributed by atoms with Gasteiger partial charge in [-0.3, -0.25) is 4.79 Å². The number of unbranched alkanes of at least 4 members (excludes halogenated alkanes) is 7. The summed E-state index contributed by atoms with van der Waals surface area (Å²) in [4.78, 5) is 11.2.